The quantitative estimate of drug-likeness (QED) is 0.591. The average Bonchev–Trinajstić information content (AvgIpc) is 1.65. The van der Waals surface area contributed by atoms with E-state index in [2.05, 4.69) is 15.9 Å². The molecule has 0 amide bonds. The average molecular weight is 177 g/mol. The van der Waals surface area contributed by atoms with Crippen LogP contribution in [0.25, 0.3) is 0 Å². The van der Waals surface area contributed by atoms with Gasteiger partial charge in [-0.2, -0.15) is 0 Å². The van der Waals surface area contributed by atoms with Crippen molar-refractivity contribution >= 4 is 21.7 Å². The van der Waals surface area contributed by atoms with Crippen molar-refractivity contribution < 1.29 is 4.79 Å². The molecule has 0 aliphatic rings. The number of ketones is 1. The highest BCUT2D eigenvalue weighted by Gasteiger charge is 1.87. The third-order valence-corrected chi connectivity index (χ3v) is 1.49. The summed E-state index contributed by atoms with van der Waals surface area (Å²) in [7, 11) is 0. The predicted octanol–water partition coefficient (Wildman–Crippen LogP) is 2.26. The molecule has 1 nitrogen and oxygen atoms in total. The van der Waals surface area contributed by atoms with E-state index >= 15 is 0 Å². The fraction of sp³-hybridized carbons (Fsp3) is 0.500. The normalized spacial score (nSPS) is 11.6. The van der Waals surface area contributed by atoms with E-state index in [-0.39, 0.29) is 5.78 Å². The third kappa shape index (κ3) is 4.06. The second-order valence-corrected chi connectivity index (χ2v) is 2.57. The van der Waals surface area contributed by atoms with E-state index in [0.717, 1.165) is 10.9 Å². The van der Waals surface area contributed by atoms with Gasteiger partial charge in [-0.15, -0.1) is 0 Å². The largest absolute Gasteiger partial charge is 0.295 e. The highest BCUT2D eigenvalue weighted by Crippen LogP contribution is 2.07. The first-order chi connectivity index (χ1) is 3.66. The van der Waals surface area contributed by atoms with Gasteiger partial charge >= 0.3 is 0 Å². The second kappa shape index (κ2) is 3.84. The molecule has 0 saturated heterocycles. The molecular weight excluding hydrogens is 168 g/mol. The summed E-state index contributed by atoms with van der Waals surface area (Å²) >= 11 is 3.22. The van der Waals surface area contributed by atoms with Crippen LogP contribution in [-0.4, -0.2) is 5.78 Å². The summed E-state index contributed by atoms with van der Waals surface area (Å²) in [5, 5.41) is 0. The molecule has 0 radical (unpaired) electrons. The summed E-state index contributed by atoms with van der Waals surface area (Å²) in [5.41, 5.74) is 0. The smallest absolute Gasteiger partial charge is 0.153 e. The van der Waals surface area contributed by atoms with Crippen molar-refractivity contribution in [3.63, 3.8) is 0 Å². The Hall–Kier alpha value is -0.110. The van der Waals surface area contributed by atoms with E-state index < -0.39 is 0 Å². The highest BCUT2D eigenvalue weighted by molar-refractivity contribution is 9.11. The van der Waals surface area contributed by atoms with Gasteiger partial charge in [0.1, 0.15) is 0 Å². The Kier molecular flexibility index (Phi) is 3.79. The fourth-order valence-electron chi connectivity index (χ4n) is 0.323. The number of halogens is 1. The van der Waals surface area contributed by atoms with Gasteiger partial charge in [0.25, 0.3) is 0 Å². The minimum Gasteiger partial charge on any atom is -0.295 e. The lowest BCUT2D eigenvalue weighted by atomic mass is 10.3. The van der Waals surface area contributed by atoms with Crippen LogP contribution in [0.3, 0.4) is 0 Å². The summed E-state index contributed by atoms with van der Waals surface area (Å²) in [6.07, 6.45) is 2.47. The van der Waals surface area contributed by atoms with E-state index in [1.165, 1.54) is 6.92 Å². The van der Waals surface area contributed by atoms with E-state index in [4.69, 9.17) is 0 Å². The van der Waals surface area contributed by atoms with Gasteiger partial charge in [-0.1, -0.05) is 22.9 Å². The predicted molar refractivity (Wildman–Crippen MR) is 38.0 cm³/mol. The molecule has 0 bridgehead atoms. The van der Waals surface area contributed by atoms with E-state index in [9.17, 15) is 4.79 Å². The van der Waals surface area contributed by atoms with Crippen LogP contribution in [0, 0.1) is 0 Å². The molecular formula is C6H9BrO. The van der Waals surface area contributed by atoms with Gasteiger partial charge in [0.2, 0.25) is 0 Å². The zero-order valence-corrected chi connectivity index (χ0v) is 6.66. The van der Waals surface area contributed by atoms with Gasteiger partial charge in [0.05, 0.1) is 0 Å². The van der Waals surface area contributed by atoms with Gasteiger partial charge in [-0.05, 0) is 23.9 Å². The molecule has 2 heteroatoms. The SMILES string of the molecule is CC/C(Br)=C/C(C)=O. The lowest BCUT2D eigenvalue weighted by molar-refractivity contribution is -0.112. The Bertz CT molecular complexity index is 116. The van der Waals surface area contributed by atoms with Crippen molar-refractivity contribution in [1.29, 1.82) is 0 Å². The molecule has 46 valence electrons. The summed E-state index contributed by atoms with van der Waals surface area (Å²) in [6, 6.07) is 0. The minimum atomic E-state index is 0.0960. The van der Waals surface area contributed by atoms with Gasteiger partial charge < -0.3 is 0 Å². The number of rotatable bonds is 2. The van der Waals surface area contributed by atoms with E-state index in [0.29, 0.717) is 0 Å². The van der Waals surface area contributed by atoms with Crippen molar-refractivity contribution in [2.24, 2.45) is 0 Å². The van der Waals surface area contributed by atoms with Crippen LogP contribution in [0.5, 0.6) is 0 Å². The number of carbonyl (C=O) groups excluding carboxylic acids is 1. The molecule has 0 fully saturated rings. The van der Waals surface area contributed by atoms with Crippen LogP contribution in [0.1, 0.15) is 20.3 Å². The molecule has 0 aromatic carbocycles. The fourth-order valence-corrected chi connectivity index (χ4v) is 0.645. The second-order valence-electron chi connectivity index (χ2n) is 1.56. The van der Waals surface area contributed by atoms with Gasteiger partial charge in [0.15, 0.2) is 5.78 Å². The molecule has 0 spiro atoms. The first kappa shape index (κ1) is 7.89. The van der Waals surface area contributed by atoms with Crippen LogP contribution >= 0.6 is 15.9 Å². The lowest BCUT2D eigenvalue weighted by Gasteiger charge is -1.85. The van der Waals surface area contributed by atoms with Crippen molar-refractivity contribution in [2.45, 2.75) is 20.3 Å². The van der Waals surface area contributed by atoms with Crippen LogP contribution in [0.15, 0.2) is 10.6 Å². The molecule has 0 atom stereocenters. The van der Waals surface area contributed by atoms with Crippen molar-refractivity contribution in [1.82, 2.24) is 0 Å². The molecule has 0 rings (SSSR count). The topological polar surface area (TPSA) is 17.1 Å². The summed E-state index contributed by atoms with van der Waals surface area (Å²) in [5.74, 6) is 0.0960. The van der Waals surface area contributed by atoms with Crippen molar-refractivity contribution in [2.75, 3.05) is 0 Å². The van der Waals surface area contributed by atoms with Gasteiger partial charge in [-0.25, -0.2) is 0 Å². The van der Waals surface area contributed by atoms with Crippen molar-refractivity contribution in [3.05, 3.63) is 10.6 Å². The molecule has 0 aliphatic heterocycles. The monoisotopic (exact) mass is 176 g/mol. The van der Waals surface area contributed by atoms with Gasteiger partial charge in [-0.3, -0.25) is 4.79 Å². The Labute approximate surface area is 57.9 Å². The number of allylic oxidation sites excluding steroid dienone is 2. The van der Waals surface area contributed by atoms with Crippen LogP contribution in [0.4, 0.5) is 0 Å². The first-order valence-corrected chi connectivity index (χ1v) is 3.32. The first-order valence-electron chi connectivity index (χ1n) is 2.53. The van der Waals surface area contributed by atoms with Crippen LogP contribution in [0.2, 0.25) is 0 Å². The summed E-state index contributed by atoms with van der Waals surface area (Å²) in [4.78, 5) is 10.3. The Morgan fingerprint density at radius 3 is 2.38 bits per heavy atom. The zero-order valence-electron chi connectivity index (χ0n) is 5.07. The molecule has 8 heavy (non-hydrogen) atoms. The summed E-state index contributed by atoms with van der Waals surface area (Å²) < 4.78 is 0.963. The highest BCUT2D eigenvalue weighted by atomic mass is 79.9. The number of hydrogen-bond donors (Lipinski definition) is 0. The Morgan fingerprint density at radius 2 is 2.25 bits per heavy atom. The van der Waals surface area contributed by atoms with Gasteiger partial charge in [0, 0.05) is 0 Å². The van der Waals surface area contributed by atoms with Crippen molar-refractivity contribution in [3.8, 4) is 0 Å². The lowest BCUT2D eigenvalue weighted by Crippen LogP contribution is -1.81. The maximum atomic E-state index is 10.3. The molecule has 0 N–H and O–H groups in total. The van der Waals surface area contributed by atoms with Crippen LogP contribution < -0.4 is 0 Å². The summed E-state index contributed by atoms with van der Waals surface area (Å²) in [6.45, 7) is 3.53. The molecule has 0 aliphatic carbocycles. The molecule has 0 saturated carbocycles. The Balaban J connectivity index is 3.75. The maximum Gasteiger partial charge on any atom is 0.153 e. The number of hydrogen-bond acceptors (Lipinski definition) is 1. The molecule has 0 heterocycles. The number of carbonyl (C=O) groups is 1. The standard InChI is InChI=1S/C6H9BrO/c1-3-6(7)4-5(2)8/h4H,3H2,1-2H3/b6-4-. The van der Waals surface area contributed by atoms with Crippen LogP contribution in [-0.2, 0) is 4.79 Å². The Morgan fingerprint density at radius 1 is 1.75 bits per heavy atom. The molecule has 0 aromatic rings. The minimum absolute atomic E-state index is 0.0960. The maximum absolute atomic E-state index is 10.3. The molecule has 0 aromatic heterocycles. The zero-order chi connectivity index (χ0) is 6.57. The molecule has 0 unspecified atom stereocenters. The van der Waals surface area contributed by atoms with E-state index in [1.54, 1.807) is 6.08 Å². The third-order valence-electron chi connectivity index (χ3n) is 0.698. The van der Waals surface area contributed by atoms with E-state index in [1.807, 2.05) is 6.92 Å².